The molecule has 7 nitrogen and oxygen atoms in total. The van der Waals surface area contributed by atoms with Gasteiger partial charge in [0.25, 0.3) is 0 Å². The van der Waals surface area contributed by atoms with Crippen LogP contribution in [0.2, 0.25) is 0 Å². The highest BCUT2D eigenvalue weighted by atomic mass is 35.5. The molecule has 0 aliphatic rings. The number of esters is 1. The number of nitrogens with zero attached hydrogens (tertiary/aromatic N) is 2. The lowest BCUT2D eigenvalue weighted by atomic mass is 10.1. The second-order valence-corrected chi connectivity index (χ2v) is 7.07. The van der Waals surface area contributed by atoms with Crippen LogP contribution in [0.25, 0.3) is 10.8 Å². The molecule has 0 aliphatic heterocycles. The molecule has 132 valence electrons. The predicted molar refractivity (Wildman–Crippen MR) is 93.8 cm³/mol. The van der Waals surface area contributed by atoms with Crippen LogP contribution in [0.1, 0.15) is 17.4 Å². The van der Waals surface area contributed by atoms with Gasteiger partial charge in [-0.25, -0.2) is 18.2 Å². The van der Waals surface area contributed by atoms with Gasteiger partial charge in [-0.2, -0.15) is 4.31 Å². The molecule has 24 heavy (non-hydrogen) atoms. The zero-order chi connectivity index (χ0) is 17.2. The van der Waals surface area contributed by atoms with E-state index in [0.717, 1.165) is 0 Å². The number of rotatable bonds is 5. The van der Waals surface area contributed by atoms with E-state index in [9.17, 15) is 13.2 Å². The van der Waals surface area contributed by atoms with Crippen LogP contribution >= 0.6 is 12.4 Å². The summed E-state index contributed by atoms with van der Waals surface area (Å²) in [5.41, 5.74) is 5.65. The number of hydrogen-bond donors (Lipinski definition) is 1. The first kappa shape index (κ1) is 20.3. The Hall–Kier alpha value is -1.74. The van der Waals surface area contributed by atoms with Crippen molar-refractivity contribution in [1.29, 1.82) is 0 Å². The molecule has 0 spiro atoms. The third-order valence-electron chi connectivity index (χ3n) is 3.76. The SMILES string of the molecule is COC(=O)c1nccc2c(S(=O)(=O)N(C)C(C)CN)cccc12.Cl. The van der Waals surface area contributed by atoms with E-state index in [0.29, 0.717) is 10.8 Å². The zero-order valence-electron chi connectivity index (χ0n) is 13.6. The van der Waals surface area contributed by atoms with Gasteiger partial charge in [-0.3, -0.25) is 0 Å². The van der Waals surface area contributed by atoms with E-state index in [1.165, 1.54) is 30.7 Å². The van der Waals surface area contributed by atoms with Gasteiger partial charge in [0.05, 0.1) is 12.0 Å². The number of aromatic nitrogens is 1. The lowest BCUT2D eigenvalue weighted by Crippen LogP contribution is -2.39. The number of halogens is 1. The van der Waals surface area contributed by atoms with E-state index < -0.39 is 16.0 Å². The first-order valence-corrected chi connectivity index (χ1v) is 8.42. The lowest BCUT2D eigenvalue weighted by molar-refractivity contribution is 0.0596. The molecular formula is C15H20ClN3O4S. The molecule has 2 N–H and O–H groups in total. The monoisotopic (exact) mass is 373 g/mol. The molecule has 1 heterocycles. The van der Waals surface area contributed by atoms with Crippen molar-refractivity contribution >= 4 is 39.2 Å². The fourth-order valence-electron chi connectivity index (χ4n) is 2.20. The number of benzene rings is 1. The maximum Gasteiger partial charge on any atom is 0.357 e. The summed E-state index contributed by atoms with van der Waals surface area (Å²) in [7, 11) is -1.02. The minimum absolute atomic E-state index is 0. The summed E-state index contributed by atoms with van der Waals surface area (Å²) >= 11 is 0. The number of carbonyl (C=O) groups excluding carboxylic acids is 1. The smallest absolute Gasteiger partial charge is 0.357 e. The average Bonchev–Trinajstić information content (AvgIpc) is 2.58. The van der Waals surface area contributed by atoms with Crippen molar-refractivity contribution < 1.29 is 17.9 Å². The Kier molecular flexibility index (Phi) is 6.67. The van der Waals surface area contributed by atoms with Gasteiger partial charge in [-0.15, -0.1) is 12.4 Å². The van der Waals surface area contributed by atoms with Crippen LogP contribution in [0.3, 0.4) is 0 Å². The molecule has 1 unspecified atom stereocenters. The minimum atomic E-state index is -3.75. The summed E-state index contributed by atoms with van der Waals surface area (Å²) in [5.74, 6) is -0.617. The highest BCUT2D eigenvalue weighted by molar-refractivity contribution is 7.89. The van der Waals surface area contributed by atoms with Crippen molar-refractivity contribution in [2.24, 2.45) is 5.73 Å². The van der Waals surface area contributed by atoms with Crippen molar-refractivity contribution in [3.63, 3.8) is 0 Å². The summed E-state index contributed by atoms with van der Waals surface area (Å²) in [4.78, 5) is 15.9. The van der Waals surface area contributed by atoms with Crippen LogP contribution in [-0.4, -0.2) is 50.4 Å². The molecule has 0 bridgehead atoms. The molecule has 9 heteroatoms. The number of sulfonamides is 1. The number of ether oxygens (including phenoxy) is 1. The van der Waals surface area contributed by atoms with Gasteiger partial charge in [-0.05, 0) is 19.1 Å². The third-order valence-corrected chi connectivity index (χ3v) is 5.79. The van der Waals surface area contributed by atoms with Gasteiger partial charge in [0, 0.05) is 36.6 Å². The van der Waals surface area contributed by atoms with Gasteiger partial charge in [0.1, 0.15) is 0 Å². The molecule has 0 radical (unpaired) electrons. The summed E-state index contributed by atoms with van der Waals surface area (Å²) in [5, 5.41) is 0.841. The first-order chi connectivity index (χ1) is 10.8. The Bertz CT molecular complexity index is 842. The molecule has 0 saturated heterocycles. The average molecular weight is 374 g/mol. The Labute approximate surface area is 147 Å². The lowest BCUT2D eigenvalue weighted by Gasteiger charge is -2.23. The molecule has 1 atom stereocenters. The number of nitrogens with two attached hydrogens (primary N) is 1. The van der Waals surface area contributed by atoms with Crippen LogP contribution in [0, 0.1) is 0 Å². The van der Waals surface area contributed by atoms with Crippen molar-refractivity contribution in [3.05, 3.63) is 36.2 Å². The predicted octanol–water partition coefficient (Wildman–Crippen LogP) is 1.41. The number of methoxy groups -OCH3 is 1. The number of hydrogen-bond acceptors (Lipinski definition) is 6. The summed E-state index contributed by atoms with van der Waals surface area (Å²) in [6.07, 6.45) is 1.39. The van der Waals surface area contributed by atoms with E-state index in [1.807, 2.05) is 0 Å². The maximum atomic E-state index is 12.8. The zero-order valence-corrected chi connectivity index (χ0v) is 15.2. The quantitative estimate of drug-likeness (QED) is 0.795. The normalized spacial score (nSPS) is 12.7. The molecule has 0 aliphatic carbocycles. The number of pyridine rings is 1. The summed E-state index contributed by atoms with van der Waals surface area (Å²) in [6, 6.07) is 5.93. The van der Waals surface area contributed by atoms with Crippen molar-refractivity contribution in [1.82, 2.24) is 9.29 Å². The van der Waals surface area contributed by atoms with Crippen LogP contribution < -0.4 is 5.73 Å². The van der Waals surface area contributed by atoms with Crippen molar-refractivity contribution in [3.8, 4) is 0 Å². The highest BCUT2D eigenvalue weighted by Gasteiger charge is 2.27. The van der Waals surface area contributed by atoms with E-state index in [-0.39, 0.29) is 35.6 Å². The van der Waals surface area contributed by atoms with Crippen LogP contribution in [0.5, 0.6) is 0 Å². The fraction of sp³-hybridized carbons (Fsp3) is 0.333. The van der Waals surface area contributed by atoms with Gasteiger partial charge in [0.2, 0.25) is 10.0 Å². The number of likely N-dealkylation sites (N-methyl/N-ethyl adjacent to an activating group) is 1. The van der Waals surface area contributed by atoms with Gasteiger partial charge in [0.15, 0.2) is 5.69 Å². The standard InChI is InChI=1S/C15H19N3O4S.ClH/c1-10(9-16)18(2)23(20,21)13-6-4-5-12-11(13)7-8-17-14(12)15(19)22-3;/h4-8,10H,9,16H2,1-3H3;1H. The Morgan fingerprint density at radius 3 is 2.58 bits per heavy atom. The molecule has 0 amide bonds. The topological polar surface area (TPSA) is 103 Å². The fourth-order valence-corrected chi connectivity index (χ4v) is 3.78. The molecular weight excluding hydrogens is 354 g/mol. The molecule has 1 aromatic heterocycles. The Balaban J connectivity index is 0.00000288. The summed E-state index contributed by atoms with van der Waals surface area (Å²) in [6.45, 7) is 1.93. The molecule has 0 saturated carbocycles. The third kappa shape index (κ3) is 3.51. The van der Waals surface area contributed by atoms with Crippen LogP contribution in [0.15, 0.2) is 35.4 Å². The van der Waals surface area contributed by atoms with Gasteiger partial charge in [-0.1, -0.05) is 12.1 Å². The molecule has 2 aromatic rings. The molecule has 2 rings (SSSR count). The molecule has 0 fully saturated rings. The van der Waals surface area contributed by atoms with E-state index in [1.54, 1.807) is 25.1 Å². The highest BCUT2D eigenvalue weighted by Crippen LogP contribution is 2.27. The van der Waals surface area contributed by atoms with Gasteiger partial charge < -0.3 is 10.5 Å². The van der Waals surface area contributed by atoms with Crippen LogP contribution in [0.4, 0.5) is 0 Å². The second kappa shape index (κ2) is 7.89. The second-order valence-electron chi connectivity index (χ2n) is 5.11. The van der Waals surface area contributed by atoms with Crippen LogP contribution in [-0.2, 0) is 14.8 Å². The largest absolute Gasteiger partial charge is 0.464 e. The Morgan fingerprint density at radius 1 is 1.33 bits per heavy atom. The van der Waals surface area contributed by atoms with E-state index in [2.05, 4.69) is 4.98 Å². The van der Waals surface area contributed by atoms with Crippen molar-refractivity contribution in [2.75, 3.05) is 20.7 Å². The number of carbonyl (C=O) groups is 1. The van der Waals surface area contributed by atoms with Gasteiger partial charge >= 0.3 is 5.97 Å². The maximum absolute atomic E-state index is 12.8. The number of fused-ring (bicyclic) bond motifs is 1. The van der Waals surface area contributed by atoms with E-state index in [4.69, 9.17) is 10.5 Å². The summed E-state index contributed by atoms with van der Waals surface area (Å²) < 4.78 is 31.6. The first-order valence-electron chi connectivity index (χ1n) is 6.98. The molecule has 1 aromatic carbocycles. The van der Waals surface area contributed by atoms with Crippen molar-refractivity contribution in [2.45, 2.75) is 17.9 Å². The van der Waals surface area contributed by atoms with E-state index >= 15 is 0 Å². The Morgan fingerprint density at radius 2 is 2.00 bits per heavy atom. The minimum Gasteiger partial charge on any atom is -0.464 e.